The number of aryl methyl sites for hydroxylation is 1. The van der Waals surface area contributed by atoms with Crippen LogP contribution in [0.4, 0.5) is 15.8 Å². The summed E-state index contributed by atoms with van der Waals surface area (Å²) < 4.78 is 46.4. The number of carbonyl (C=O) groups excluding carboxylic acids is 1. The van der Waals surface area contributed by atoms with Crippen LogP contribution >= 0.6 is 0 Å². The molecule has 1 atom stereocenters. The fourth-order valence-corrected chi connectivity index (χ4v) is 4.06. The summed E-state index contributed by atoms with van der Waals surface area (Å²) in [5.41, 5.74) is 2.74. The Hall–Kier alpha value is -3.39. The Labute approximate surface area is 187 Å². The van der Waals surface area contributed by atoms with E-state index in [0.717, 1.165) is 11.1 Å². The number of ether oxygens (including phenoxy) is 1. The first-order valence-corrected chi connectivity index (χ1v) is 11.6. The first-order valence-electron chi connectivity index (χ1n) is 10.1. The SMILES string of the molecule is CC[C@H](Oc1cccc(C)c1C)C(=O)Nc1ccc(S(=O)(=O)Nc2ccc(F)cc2)cc1. The van der Waals surface area contributed by atoms with Crippen LogP contribution in [0.15, 0.2) is 71.6 Å². The van der Waals surface area contributed by atoms with Gasteiger partial charge < -0.3 is 10.1 Å². The van der Waals surface area contributed by atoms with Crippen molar-refractivity contribution in [2.75, 3.05) is 10.0 Å². The molecule has 0 unspecified atom stereocenters. The minimum absolute atomic E-state index is 0.0125. The van der Waals surface area contributed by atoms with Crippen molar-refractivity contribution in [2.45, 2.75) is 38.2 Å². The maximum Gasteiger partial charge on any atom is 0.265 e. The molecule has 0 aliphatic carbocycles. The third-order valence-corrected chi connectivity index (χ3v) is 6.41. The maximum absolute atomic E-state index is 13.0. The Morgan fingerprint density at radius 2 is 1.59 bits per heavy atom. The molecule has 3 rings (SSSR count). The second-order valence-electron chi connectivity index (χ2n) is 7.34. The number of hydrogen-bond acceptors (Lipinski definition) is 4. The van der Waals surface area contributed by atoms with E-state index in [1.807, 2.05) is 39.0 Å². The van der Waals surface area contributed by atoms with E-state index in [4.69, 9.17) is 4.74 Å². The molecule has 2 N–H and O–H groups in total. The number of anilines is 2. The Morgan fingerprint density at radius 3 is 2.22 bits per heavy atom. The normalized spacial score (nSPS) is 12.1. The topological polar surface area (TPSA) is 84.5 Å². The fraction of sp³-hybridized carbons (Fsp3) is 0.208. The van der Waals surface area contributed by atoms with Gasteiger partial charge in [0.25, 0.3) is 15.9 Å². The number of halogens is 1. The molecule has 0 aliphatic rings. The summed E-state index contributed by atoms with van der Waals surface area (Å²) in [4.78, 5) is 12.7. The zero-order valence-electron chi connectivity index (χ0n) is 18.1. The molecule has 32 heavy (non-hydrogen) atoms. The largest absolute Gasteiger partial charge is 0.480 e. The van der Waals surface area contributed by atoms with Gasteiger partial charge in [0.2, 0.25) is 0 Å². The lowest BCUT2D eigenvalue weighted by molar-refractivity contribution is -0.122. The maximum atomic E-state index is 13.0. The number of sulfonamides is 1. The molecule has 0 heterocycles. The predicted molar refractivity (Wildman–Crippen MR) is 123 cm³/mol. The molecule has 0 bridgehead atoms. The van der Waals surface area contributed by atoms with Crippen LogP contribution in [0.1, 0.15) is 24.5 Å². The number of benzene rings is 3. The van der Waals surface area contributed by atoms with Gasteiger partial charge in [0, 0.05) is 11.4 Å². The van der Waals surface area contributed by atoms with E-state index in [-0.39, 0.29) is 16.5 Å². The van der Waals surface area contributed by atoms with Crippen LogP contribution in [0.5, 0.6) is 5.75 Å². The molecule has 0 aromatic heterocycles. The molecule has 3 aromatic carbocycles. The highest BCUT2D eigenvalue weighted by Gasteiger charge is 2.20. The summed E-state index contributed by atoms with van der Waals surface area (Å²) in [6.07, 6.45) is -0.230. The quantitative estimate of drug-likeness (QED) is 0.497. The Balaban J connectivity index is 1.67. The van der Waals surface area contributed by atoms with Gasteiger partial charge in [-0.05, 0) is 86.0 Å². The van der Waals surface area contributed by atoms with Crippen LogP contribution in [-0.4, -0.2) is 20.4 Å². The number of amides is 1. The van der Waals surface area contributed by atoms with Gasteiger partial charge in [0.15, 0.2) is 6.10 Å². The molecule has 6 nitrogen and oxygen atoms in total. The minimum atomic E-state index is -3.85. The van der Waals surface area contributed by atoms with E-state index in [9.17, 15) is 17.6 Å². The molecule has 0 saturated heterocycles. The van der Waals surface area contributed by atoms with E-state index < -0.39 is 21.9 Å². The summed E-state index contributed by atoms with van der Waals surface area (Å²) in [7, 11) is -3.85. The fourth-order valence-electron chi connectivity index (χ4n) is 3.00. The summed E-state index contributed by atoms with van der Waals surface area (Å²) in [6, 6.07) is 16.5. The molecule has 3 aromatic rings. The molecular formula is C24H25FN2O4S. The molecule has 0 aliphatic heterocycles. The van der Waals surface area contributed by atoms with Crippen LogP contribution in [-0.2, 0) is 14.8 Å². The van der Waals surface area contributed by atoms with Crippen molar-refractivity contribution in [1.29, 1.82) is 0 Å². The Kier molecular flexibility index (Phi) is 7.15. The van der Waals surface area contributed by atoms with Gasteiger partial charge >= 0.3 is 0 Å². The van der Waals surface area contributed by atoms with Crippen LogP contribution < -0.4 is 14.8 Å². The van der Waals surface area contributed by atoms with Crippen molar-refractivity contribution in [3.05, 3.63) is 83.7 Å². The monoisotopic (exact) mass is 456 g/mol. The lowest BCUT2D eigenvalue weighted by atomic mass is 10.1. The summed E-state index contributed by atoms with van der Waals surface area (Å²) >= 11 is 0. The Morgan fingerprint density at radius 1 is 0.969 bits per heavy atom. The van der Waals surface area contributed by atoms with Gasteiger partial charge in [-0.25, -0.2) is 12.8 Å². The highest BCUT2D eigenvalue weighted by atomic mass is 32.2. The van der Waals surface area contributed by atoms with E-state index in [0.29, 0.717) is 17.9 Å². The second kappa shape index (κ2) is 9.82. The molecule has 8 heteroatoms. The molecule has 168 valence electrons. The van der Waals surface area contributed by atoms with E-state index >= 15 is 0 Å². The van der Waals surface area contributed by atoms with Gasteiger partial charge in [-0.1, -0.05) is 19.1 Å². The predicted octanol–water partition coefficient (Wildman–Crippen LogP) is 5.04. The molecule has 0 saturated carbocycles. The molecule has 0 spiro atoms. The molecule has 1 amide bonds. The Bertz CT molecular complexity index is 1190. The zero-order valence-corrected chi connectivity index (χ0v) is 18.9. The van der Waals surface area contributed by atoms with Crippen LogP contribution in [0, 0.1) is 19.7 Å². The summed E-state index contributed by atoms with van der Waals surface area (Å²) in [5, 5.41) is 2.76. The third kappa shape index (κ3) is 5.64. The van der Waals surface area contributed by atoms with Crippen molar-refractivity contribution in [2.24, 2.45) is 0 Å². The van der Waals surface area contributed by atoms with Gasteiger partial charge in [-0.2, -0.15) is 0 Å². The van der Waals surface area contributed by atoms with Crippen molar-refractivity contribution < 1.29 is 22.3 Å². The smallest absolute Gasteiger partial charge is 0.265 e. The first-order chi connectivity index (χ1) is 15.2. The third-order valence-electron chi connectivity index (χ3n) is 5.02. The van der Waals surface area contributed by atoms with Gasteiger partial charge in [0.05, 0.1) is 4.90 Å². The van der Waals surface area contributed by atoms with Gasteiger partial charge in [0.1, 0.15) is 11.6 Å². The number of nitrogens with one attached hydrogen (secondary N) is 2. The summed E-state index contributed by atoms with van der Waals surface area (Å²) in [5.74, 6) is -0.131. The van der Waals surface area contributed by atoms with E-state index in [1.54, 1.807) is 0 Å². The molecule has 0 fully saturated rings. The van der Waals surface area contributed by atoms with Crippen molar-refractivity contribution >= 4 is 27.3 Å². The highest BCUT2D eigenvalue weighted by molar-refractivity contribution is 7.92. The van der Waals surface area contributed by atoms with Gasteiger partial charge in [-0.15, -0.1) is 0 Å². The standard InChI is InChI=1S/C24H25FN2O4S/c1-4-22(31-23-7-5-6-16(2)17(23)3)24(28)26-19-12-14-21(15-13-19)32(29,30)27-20-10-8-18(25)9-11-20/h5-15,22,27H,4H2,1-3H3,(H,26,28)/t22-/m0/s1. The van der Waals surface area contributed by atoms with Crippen molar-refractivity contribution in [3.63, 3.8) is 0 Å². The van der Waals surface area contributed by atoms with Crippen LogP contribution in [0.3, 0.4) is 0 Å². The summed E-state index contributed by atoms with van der Waals surface area (Å²) in [6.45, 7) is 5.77. The molecule has 0 radical (unpaired) electrons. The van der Waals surface area contributed by atoms with E-state index in [1.165, 1.54) is 48.5 Å². The lowest BCUT2D eigenvalue weighted by Gasteiger charge is -2.19. The number of rotatable bonds is 8. The van der Waals surface area contributed by atoms with Crippen molar-refractivity contribution in [3.8, 4) is 5.75 Å². The first kappa shape index (κ1) is 23.3. The van der Waals surface area contributed by atoms with Crippen LogP contribution in [0.2, 0.25) is 0 Å². The highest BCUT2D eigenvalue weighted by Crippen LogP contribution is 2.23. The average molecular weight is 457 g/mol. The van der Waals surface area contributed by atoms with Gasteiger partial charge in [-0.3, -0.25) is 9.52 Å². The van der Waals surface area contributed by atoms with Crippen molar-refractivity contribution in [1.82, 2.24) is 0 Å². The van der Waals surface area contributed by atoms with E-state index in [2.05, 4.69) is 10.0 Å². The van der Waals surface area contributed by atoms with Crippen LogP contribution in [0.25, 0.3) is 0 Å². The lowest BCUT2D eigenvalue weighted by Crippen LogP contribution is -2.32. The minimum Gasteiger partial charge on any atom is -0.480 e. The number of carbonyl (C=O) groups is 1. The average Bonchev–Trinajstić information content (AvgIpc) is 2.76. The molecular weight excluding hydrogens is 431 g/mol. The second-order valence-corrected chi connectivity index (χ2v) is 9.02. The number of hydrogen-bond donors (Lipinski definition) is 2. The zero-order chi connectivity index (χ0) is 23.3.